The van der Waals surface area contributed by atoms with E-state index in [0.29, 0.717) is 0 Å². The van der Waals surface area contributed by atoms with Gasteiger partial charge in [-0.25, -0.2) is 0 Å². The van der Waals surface area contributed by atoms with E-state index in [1.165, 1.54) is 38.5 Å². The Morgan fingerprint density at radius 3 is 2.48 bits per heavy atom. The molecular formula is C16H29N5. The van der Waals surface area contributed by atoms with E-state index in [1.807, 2.05) is 12.3 Å². The molecule has 5 nitrogen and oxygen atoms in total. The number of hydrazine groups is 1. The zero-order valence-corrected chi connectivity index (χ0v) is 13.3. The van der Waals surface area contributed by atoms with Crippen molar-refractivity contribution in [3.8, 4) is 0 Å². The summed E-state index contributed by atoms with van der Waals surface area (Å²) in [6, 6.07) is 2.04. The van der Waals surface area contributed by atoms with Gasteiger partial charge in [-0.3, -0.25) is 16.3 Å². The number of likely N-dealkylation sites (N-methyl/N-ethyl adjacent to an activating group) is 1. The van der Waals surface area contributed by atoms with Gasteiger partial charge in [0.05, 0.1) is 0 Å². The minimum absolute atomic E-state index is 0.0908. The molecule has 2 rings (SSSR count). The number of aromatic nitrogens is 1. The third-order valence-corrected chi connectivity index (χ3v) is 5.08. The van der Waals surface area contributed by atoms with Crippen LogP contribution in [0.2, 0.25) is 0 Å². The largest absolute Gasteiger partial charge is 0.398 e. The van der Waals surface area contributed by atoms with Crippen molar-refractivity contribution in [1.29, 1.82) is 0 Å². The standard InChI is InChI=1S/C16H29N5/c1-21(2)16(8-5-3-4-6-9-16)15(20-18)11-13-12-19-10-7-14(13)17/h7,10,12,15,20H,3-6,8-9,11,18H2,1-2H3,(H2,17,19). The van der Waals surface area contributed by atoms with E-state index in [2.05, 4.69) is 29.4 Å². The lowest BCUT2D eigenvalue weighted by molar-refractivity contribution is 0.0802. The summed E-state index contributed by atoms with van der Waals surface area (Å²) in [7, 11) is 4.34. The summed E-state index contributed by atoms with van der Waals surface area (Å²) in [5, 5.41) is 0. The second-order valence-corrected chi connectivity index (χ2v) is 6.41. The van der Waals surface area contributed by atoms with E-state index in [1.54, 1.807) is 6.20 Å². The van der Waals surface area contributed by atoms with Crippen molar-refractivity contribution in [3.05, 3.63) is 24.0 Å². The van der Waals surface area contributed by atoms with Crippen LogP contribution >= 0.6 is 0 Å². The maximum absolute atomic E-state index is 6.08. The first-order valence-corrected chi connectivity index (χ1v) is 7.92. The van der Waals surface area contributed by atoms with Crippen LogP contribution in [0.3, 0.4) is 0 Å². The maximum Gasteiger partial charge on any atom is 0.0436 e. The molecule has 0 radical (unpaired) electrons. The maximum atomic E-state index is 6.08. The van der Waals surface area contributed by atoms with Crippen LogP contribution in [0.1, 0.15) is 44.1 Å². The van der Waals surface area contributed by atoms with Gasteiger partial charge >= 0.3 is 0 Å². The second kappa shape index (κ2) is 7.20. The van der Waals surface area contributed by atoms with E-state index in [9.17, 15) is 0 Å². The summed E-state index contributed by atoms with van der Waals surface area (Å²) in [5.41, 5.74) is 11.1. The molecule has 0 aromatic carbocycles. The number of nitrogen functional groups attached to an aromatic ring is 1. The predicted octanol–water partition coefficient (Wildman–Crippen LogP) is 1.69. The molecule has 1 fully saturated rings. The van der Waals surface area contributed by atoms with Gasteiger partial charge in [-0.1, -0.05) is 25.7 Å². The number of hydrogen-bond acceptors (Lipinski definition) is 5. The number of anilines is 1. The molecule has 1 unspecified atom stereocenters. The van der Waals surface area contributed by atoms with Crippen molar-refractivity contribution in [1.82, 2.24) is 15.3 Å². The SMILES string of the molecule is CN(C)C1(C(Cc2cnccc2N)NN)CCCCCC1. The van der Waals surface area contributed by atoms with Crippen molar-refractivity contribution in [2.45, 2.75) is 56.5 Å². The lowest BCUT2D eigenvalue weighted by Gasteiger charge is -2.45. The van der Waals surface area contributed by atoms with Gasteiger partial charge in [0, 0.05) is 29.7 Å². The summed E-state index contributed by atoms with van der Waals surface area (Å²) < 4.78 is 0. The molecule has 0 saturated heterocycles. The minimum atomic E-state index is 0.0908. The van der Waals surface area contributed by atoms with Gasteiger partial charge in [0.1, 0.15) is 0 Å². The summed E-state index contributed by atoms with van der Waals surface area (Å²) >= 11 is 0. The lowest BCUT2D eigenvalue weighted by atomic mass is 9.79. The van der Waals surface area contributed by atoms with Gasteiger partial charge in [-0.15, -0.1) is 0 Å². The molecular weight excluding hydrogens is 262 g/mol. The van der Waals surface area contributed by atoms with Gasteiger partial charge in [0.2, 0.25) is 0 Å². The quantitative estimate of drug-likeness (QED) is 0.437. The third kappa shape index (κ3) is 3.54. The van der Waals surface area contributed by atoms with E-state index in [-0.39, 0.29) is 11.6 Å². The van der Waals surface area contributed by atoms with Crippen LogP contribution in [0.25, 0.3) is 0 Å². The van der Waals surface area contributed by atoms with E-state index >= 15 is 0 Å². The molecule has 118 valence electrons. The summed E-state index contributed by atoms with van der Waals surface area (Å²) in [4.78, 5) is 6.56. The normalized spacial score (nSPS) is 20.2. The summed E-state index contributed by atoms with van der Waals surface area (Å²) in [6.07, 6.45) is 11.9. The van der Waals surface area contributed by atoms with Crippen LogP contribution in [0, 0.1) is 0 Å². The minimum Gasteiger partial charge on any atom is -0.398 e. The number of pyridine rings is 1. The molecule has 0 aliphatic heterocycles. The van der Waals surface area contributed by atoms with Gasteiger partial charge in [0.25, 0.3) is 0 Å². The molecule has 0 amide bonds. The molecule has 1 aromatic heterocycles. The third-order valence-electron chi connectivity index (χ3n) is 5.08. The van der Waals surface area contributed by atoms with E-state index in [0.717, 1.165) is 17.7 Å². The van der Waals surface area contributed by atoms with Crippen LogP contribution in [0.5, 0.6) is 0 Å². The average Bonchev–Trinajstić information content (AvgIpc) is 2.73. The molecule has 0 spiro atoms. The first-order chi connectivity index (χ1) is 10.1. The summed E-state index contributed by atoms with van der Waals surface area (Å²) in [5.74, 6) is 5.94. The molecule has 1 aromatic rings. The van der Waals surface area contributed by atoms with Crippen molar-refractivity contribution in [2.24, 2.45) is 5.84 Å². The van der Waals surface area contributed by atoms with Crippen LogP contribution < -0.4 is 17.0 Å². The molecule has 1 atom stereocenters. The van der Waals surface area contributed by atoms with Crippen LogP contribution in [-0.2, 0) is 6.42 Å². The second-order valence-electron chi connectivity index (χ2n) is 6.41. The van der Waals surface area contributed by atoms with Crippen LogP contribution in [0.15, 0.2) is 18.5 Å². The molecule has 0 bridgehead atoms. The Kier molecular flexibility index (Phi) is 5.56. The van der Waals surface area contributed by atoms with Crippen LogP contribution in [-0.4, -0.2) is 35.6 Å². The van der Waals surface area contributed by atoms with Crippen molar-refractivity contribution >= 4 is 5.69 Å². The Morgan fingerprint density at radius 1 is 1.29 bits per heavy atom. The number of nitrogens with one attached hydrogen (secondary N) is 1. The highest BCUT2D eigenvalue weighted by atomic mass is 15.3. The Labute approximate surface area is 128 Å². The molecule has 1 heterocycles. The molecule has 1 aliphatic carbocycles. The molecule has 5 N–H and O–H groups in total. The Morgan fingerprint density at radius 2 is 1.95 bits per heavy atom. The fourth-order valence-corrected chi connectivity index (χ4v) is 3.68. The van der Waals surface area contributed by atoms with Crippen LogP contribution in [0.4, 0.5) is 5.69 Å². The van der Waals surface area contributed by atoms with Crippen molar-refractivity contribution < 1.29 is 0 Å². The van der Waals surface area contributed by atoms with Gasteiger partial charge in [-0.05, 0) is 45.0 Å². The Balaban J connectivity index is 2.25. The van der Waals surface area contributed by atoms with Gasteiger partial charge in [0.15, 0.2) is 0 Å². The predicted molar refractivity (Wildman–Crippen MR) is 87.6 cm³/mol. The molecule has 21 heavy (non-hydrogen) atoms. The molecule has 1 saturated carbocycles. The number of rotatable bonds is 5. The van der Waals surface area contributed by atoms with E-state index < -0.39 is 0 Å². The highest BCUT2D eigenvalue weighted by Crippen LogP contribution is 2.35. The average molecular weight is 291 g/mol. The highest BCUT2D eigenvalue weighted by molar-refractivity contribution is 5.45. The Hall–Kier alpha value is -1.17. The fourth-order valence-electron chi connectivity index (χ4n) is 3.68. The Bertz CT molecular complexity index is 438. The topological polar surface area (TPSA) is 80.2 Å². The van der Waals surface area contributed by atoms with Gasteiger partial charge < -0.3 is 10.6 Å². The van der Waals surface area contributed by atoms with Crippen molar-refractivity contribution in [2.75, 3.05) is 19.8 Å². The fraction of sp³-hybridized carbons (Fsp3) is 0.688. The van der Waals surface area contributed by atoms with Crippen molar-refractivity contribution in [3.63, 3.8) is 0 Å². The van der Waals surface area contributed by atoms with Gasteiger partial charge in [-0.2, -0.15) is 0 Å². The first kappa shape index (κ1) is 16.2. The van der Waals surface area contributed by atoms with E-state index in [4.69, 9.17) is 11.6 Å². The molecule has 1 aliphatic rings. The number of hydrogen-bond donors (Lipinski definition) is 3. The zero-order valence-electron chi connectivity index (χ0n) is 13.3. The number of nitrogens with two attached hydrogens (primary N) is 2. The monoisotopic (exact) mass is 291 g/mol. The first-order valence-electron chi connectivity index (χ1n) is 7.92. The lowest BCUT2D eigenvalue weighted by Crippen LogP contribution is -2.61. The zero-order chi connectivity index (χ0) is 15.3. The smallest absolute Gasteiger partial charge is 0.0436 e. The molecule has 5 heteroatoms. The number of nitrogens with zero attached hydrogens (tertiary/aromatic N) is 2. The highest BCUT2D eigenvalue weighted by Gasteiger charge is 2.40. The summed E-state index contributed by atoms with van der Waals surface area (Å²) in [6.45, 7) is 0.